The molecule has 2 aromatic rings. The van der Waals surface area contributed by atoms with E-state index in [0.717, 1.165) is 0 Å². The number of carboxylic acid groups (broad SMARTS) is 1. The molecule has 0 saturated carbocycles. The number of carbonyl (C=O) groups is 2. The van der Waals surface area contributed by atoms with Crippen LogP contribution < -0.4 is 20.1 Å². The Balaban J connectivity index is 1.85. The number of pyridine rings is 1. The van der Waals surface area contributed by atoms with Crippen molar-refractivity contribution in [2.75, 3.05) is 11.9 Å². The third kappa shape index (κ3) is 5.43. The quantitative estimate of drug-likeness (QED) is 0.543. The molecular weight excluding hydrogens is 424 g/mol. The molecule has 3 rings (SSSR count). The summed E-state index contributed by atoms with van der Waals surface area (Å²) >= 11 is 0. The molecule has 32 heavy (non-hydrogen) atoms. The minimum atomic E-state index is -2.83. The summed E-state index contributed by atoms with van der Waals surface area (Å²) in [5, 5.41) is 13.7. The number of ether oxygens (including phenoxy) is 2. The Morgan fingerprint density at radius 2 is 2.03 bits per heavy atom. The van der Waals surface area contributed by atoms with E-state index in [9.17, 15) is 18.4 Å². The van der Waals surface area contributed by atoms with Crippen LogP contribution in [0.5, 0.6) is 11.5 Å². The second-order valence-electron chi connectivity index (χ2n) is 7.85. The lowest BCUT2D eigenvalue weighted by molar-refractivity contribution is -0.114. The van der Waals surface area contributed by atoms with Crippen molar-refractivity contribution < 1.29 is 33.0 Å². The minimum Gasteiger partial charge on any atom is -0.493 e. The fourth-order valence-electron chi connectivity index (χ4n) is 3.70. The van der Waals surface area contributed by atoms with E-state index >= 15 is 0 Å². The van der Waals surface area contributed by atoms with Crippen molar-refractivity contribution in [1.82, 2.24) is 10.3 Å². The van der Waals surface area contributed by atoms with Crippen molar-refractivity contribution in [2.45, 2.75) is 46.3 Å². The maximum absolute atomic E-state index is 14.0. The molecule has 1 aromatic heterocycles. The summed E-state index contributed by atoms with van der Waals surface area (Å²) in [6, 6.07) is 4.46. The highest BCUT2D eigenvalue weighted by Crippen LogP contribution is 2.47. The van der Waals surface area contributed by atoms with E-state index in [1.807, 2.05) is 6.92 Å². The van der Waals surface area contributed by atoms with E-state index in [2.05, 4.69) is 15.6 Å². The summed E-state index contributed by atoms with van der Waals surface area (Å²) < 4.78 is 39.4. The lowest BCUT2D eigenvalue weighted by Gasteiger charge is -2.25. The number of carbonyl (C=O) groups excluding carboxylic acids is 1. The van der Waals surface area contributed by atoms with Gasteiger partial charge in [0.2, 0.25) is 5.91 Å². The molecule has 3 N–H and O–H groups in total. The van der Waals surface area contributed by atoms with Crippen molar-refractivity contribution in [3.8, 4) is 22.6 Å². The molecule has 0 aliphatic carbocycles. The SMILES string of the molecule is CC(=O)Nc1cc2c(cn1)COc1c-2ccc(OCC(C)CC(C)NC(=O)O)c1C(F)F. The summed E-state index contributed by atoms with van der Waals surface area (Å²) in [5.74, 6) is 0.0126. The van der Waals surface area contributed by atoms with Gasteiger partial charge in [0, 0.05) is 30.3 Å². The third-order valence-corrected chi connectivity index (χ3v) is 4.98. The molecule has 0 spiro atoms. The maximum Gasteiger partial charge on any atom is 0.404 e. The van der Waals surface area contributed by atoms with Crippen molar-refractivity contribution in [3.63, 3.8) is 0 Å². The Morgan fingerprint density at radius 1 is 1.28 bits per heavy atom. The highest BCUT2D eigenvalue weighted by molar-refractivity contribution is 5.89. The molecule has 0 fully saturated rings. The smallest absolute Gasteiger partial charge is 0.404 e. The first-order chi connectivity index (χ1) is 15.2. The predicted octanol–water partition coefficient (Wildman–Crippen LogP) is 4.60. The number of amides is 2. The number of fused-ring (bicyclic) bond motifs is 3. The number of hydrogen-bond donors (Lipinski definition) is 3. The average molecular weight is 449 g/mol. The van der Waals surface area contributed by atoms with E-state index in [-0.39, 0.29) is 48.1 Å². The number of nitrogens with zero attached hydrogens (tertiary/aromatic N) is 1. The van der Waals surface area contributed by atoms with E-state index in [0.29, 0.717) is 28.9 Å². The first-order valence-corrected chi connectivity index (χ1v) is 10.1. The minimum absolute atomic E-state index is 0.0176. The van der Waals surface area contributed by atoms with Crippen molar-refractivity contribution in [1.29, 1.82) is 0 Å². The molecule has 2 heterocycles. The first kappa shape index (κ1) is 23.2. The Morgan fingerprint density at radius 3 is 2.69 bits per heavy atom. The van der Waals surface area contributed by atoms with E-state index in [4.69, 9.17) is 14.6 Å². The van der Waals surface area contributed by atoms with Crippen molar-refractivity contribution in [3.05, 3.63) is 35.5 Å². The Bertz CT molecular complexity index is 1020. The standard InChI is InChI=1S/C22H25F2N3O5/c1-11(6-12(2)26-22(29)30)9-31-17-5-4-15-16-7-18(27-13(3)28)25-8-14(16)10-32-20(15)19(17)21(23)24/h4-5,7-8,11-12,21,26H,6,9-10H2,1-3H3,(H,29,30)(H,25,27,28). The van der Waals surface area contributed by atoms with Crippen LogP contribution in [0, 0.1) is 5.92 Å². The maximum atomic E-state index is 14.0. The Labute approximate surface area is 183 Å². The van der Waals surface area contributed by atoms with Gasteiger partial charge in [-0.05, 0) is 43.0 Å². The zero-order chi connectivity index (χ0) is 23.4. The Kier molecular flexibility index (Phi) is 7.12. The predicted molar refractivity (Wildman–Crippen MR) is 113 cm³/mol. The first-order valence-electron chi connectivity index (χ1n) is 10.1. The van der Waals surface area contributed by atoms with Crippen molar-refractivity contribution >= 4 is 17.8 Å². The molecule has 1 aliphatic heterocycles. The molecule has 0 radical (unpaired) electrons. The van der Waals surface area contributed by atoms with Crippen LogP contribution >= 0.6 is 0 Å². The van der Waals surface area contributed by atoms with Crippen LogP contribution in [0.25, 0.3) is 11.1 Å². The lowest BCUT2D eigenvalue weighted by Crippen LogP contribution is -2.33. The number of aromatic nitrogens is 1. The summed E-state index contributed by atoms with van der Waals surface area (Å²) in [6.07, 6.45) is -1.91. The summed E-state index contributed by atoms with van der Waals surface area (Å²) in [7, 11) is 0. The fourth-order valence-corrected chi connectivity index (χ4v) is 3.70. The molecule has 1 aromatic carbocycles. The normalized spacial score (nSPS) is 13.9. The van der Waals surface area contributed by atoms with Crippen LogP contribution in [0.2, 0.25) is 0 Å². The van der Waals surface area contributed by atoms with Gasteiger partial charge in [-0.2, -0.15) is 0 Å². The van der Waals surface area contributed by atoms with Gasteiger partial charge in [0.1, 0.15) is 29.5 Å². The van der Waals surface area contributed by atoms with Gasteiger partial charge in [-0.3, -0.25) is 4.79 Å². The number of anilines is 1. The topological polar surface area (TPSA) is 110 Å². The zero-order valence-electron chi connectivity index (χ0n) is 17.9. The molecule has 2 unspecified atom stereocenters. The fraction of sp³-hybridized carbons (Fsp3) is 0.409. The van der Waals surface area contributed by atoms with E-state index in [1.54, 1.807) is 25.3 Å². The molecule has 2 atom stereocenters. The van der Waals surface area contributed by atoms with Crippen LogP contribution in [0.4, 0.5) is 19.4 Å². The molecule has 10 heteroatoms. The third-order valence-electron chi connectivity index (χ3n) is 4.98. The number of hydrogen-bond acceptors (Lipinski definition) is 5. The number of nitrogens with one attached hydrogen (secondary N) is 2. The highest BCUT2D eigenvalue weighted by atomic mass is 19.3. The lowest BCUT2D eigenvalue weighted by atomic mass is 9.95. The largest absolute Gasteiger partial charge is 0.493 e. The van der Waals surface area contributed by atoms with E-state index < -0.39 is 12.5 Å². The zero-order valence-corrected chi connectivity index (χ0v) is 17.9. The summed E-state index contributed by atoms with van der Waals surface area (Å²) in [4.78, 5) is 26.2. The number of rotatable bonds is 8. The average Bonchev–Trinajstić information content (AvgIpc) is 2.70. The second-order valence-corrected chi connectivity index (χ2v) is 7.85. The highest BCUT2D eigenvalue weighted by Gasteiger charge is 2.29. The monoisotopic (exact) mass is 449 g/mol. The van der Waals surface area contributed by atoms with Gasteiger partial charge in [-0.25, -0.2) is 18.6 Å². The molecule has 2 amide bonds. The van der Waals surface area contributed by atoms with Crippen molar-refractivity contribution in [2.24, 2.45) is 5.92 Å². The summed E-state index contributed by atoms with van der Waals surface area (Å²) in [6.45, 7) is 5.13. The van der Waals surface area contributed by atoms with Crippen LogP contribution in [0.3, 0.4) is 0 Å². The second kappa shape index (κ2) is 9.80. The van der Waals surface area contributed by atoms with Gasteiger partial charge in [0.05, 0.1) is 6.61 Å². The van der Waals surface area contributed by atoms with Gasteiger partial charge in [0.25, 0.3) is 6.43 Å². The van der Waals surface area contributed by atoms with Gasteiger partial charge in [-0.15, -0.1) is 0 Å². The van der Waals surface area contributed by atoms with Gasteiger partial charge in [-0.1, -0.05) is 6.92 Å². The van der Waals surface area contributed by atoms with Crippen LogP contribution in [0.15, 0.2) is 24.4 Å². The van der Waals surface area contributed by atoms with Crippen LogP contribution in [-0.2, 0) is 11.4 Å². The number of alkyl halides is 2. The Hall–Kier alpha value is -3.43. The van der Waals surface area contributed by atoms with E-state index in [1.165, 1.54) is 13.0 Å². The number of halogens is 2. The van der Waals surface area contributed by atoms with Crippen LogP contribution in [-0.4, -0.2) is 34.7 Å². The molecule has 0 bridgehead atoms. The van der Waals surface area contributed by atoms with Crippen LogP contribution in [0.1, 0.15) is 44.7 Å². The van der Waals surface area contributed by atoms with Gasteiger partial charge in [0.15, 0.2) is 0 Å². The van der Waals surface area contributed by atoms with Gasteiger partial charge >= 0.3 is 6.09 Å². The molecule has 8 nitrogen and oxygen atoms in total. The molecule has 172 valence electrons. The summed E-state index contributed by atoms with van der Waals surface area (Å²) in [5.41, 5.74) is 1.50. The molecule has 1 aliphatic rings. The number of benzene rings is 1. The molecular formula is C22H25F2N3O5. The van der Waals surface area contributed by atoms with Gasteiger partial charge < -0.3 is 25.2 Å². The molecule has 0 saturated heterocycles.